The molecule has 1 aromatic carbocycles. The van der Waals surface area contributed by atoms with Crippen molar-refractivity contribution in [3.63, 3.8) is 0 Å². The third-order valence-corrected chi connectivity index (χ3v) is 3.69. The van der Waals surface area contributed by atoms with Crippen LogP contribution in [0.1, 0.15) is 38.2 Å². The standard InChI is InChI=1S/C16H21N.ClH/c1-2-16-12-6-7-13-17(16)14-8-11-15-9-4-3-5-10-15;/h3-5,9-10,16H,2,6-7,12-14H2,1H3;1H. The summed E-state index contributed by atoms with van der Waals surface area (Å²) in [6.07, 6.45) is 5.47. The van der Waals surface area contributed by atoms with Crippen molar-refractivity contribution in [3.05, 3.63) is 35.9 Å². The van der Waals surface area contributed by atoms with Gasteiger partial charge in [-0.05, 0) is 43.7 Å². The highest BCUT2D eigenvalue weighted by Crippen LogP contribution is 2.05. The molecule has 0 radical (unpaired) electrons. The van der Waals surface area contributed by atoms with Gasteiger partial charge in [-0.15, -0.1) is 0 Å². The average Bonchev–Trinajstić information content (AvgIpc) is 2.40. The summed E-state index contributed by atoms with van der Waals surface area (Å²) >= 11 is 0. The number of rotatable bonds is 2. The molecule has 2 unspecified atom stereocenters. The Morgan fingerprint density at radius 1 is 1.22 bits per heavy atom. The average molecular weight is 264 g/mol. The van der Waals surface area contributed by atoms with Gasteiger partial charge in [0, 0.05) is 5.56 Å². The van der Waals surface area contributed by atoms with E-state index in [4.69, 9.17) is 0 Å². The van der Waals surface area contributed by atoms with Gasteiger partial charge in [-0.1, -0.05) is 31.0 Å². The Bertz CT molecular complexity index is 391. The van der Waals surface area contributed by atoms with Gasteiger partial charge < -0.3 is 17.3 Å². The molecule has 1 nitrogen and oxygen atoms in total. The van der Waals surface area contributed by atoms with Gasteiger partial charge >= 0.3 is 0 Å². The summed E-state index contributed by atoms with van der Waals surface area (Å²) in [6.45, 7) is 4.62. The van der Waals surface area contributed by atoms with Crippen LogP contribution in [-0.2, 0) is 0 Å². The van der Waals surface area contributed by atoms with Crippen LogP contribution in [-0.4, -0.2) is 19.1 Å². The molecule has 1 aliphatic rings. The first-order valence-corrected chi connectivity index (χ1v) is 6.78. The zero-order chi connectivity index (χ0) is 11.9. The first-order valence-electron chi connectivity index (χ1n) is 6.78. The predicted molar refractivity (Wildman–Crippen MR) is 71.9 cm³/mol. The second-order valence-corrected chi connectivity index (χ2v) is 4.85. The zero-order valence-electron chi connectivity index (χ0n) is 11.1. The number of hydrogen-bond donors (Lipinski definition) is 1. The van der Waals surface area contributed by atoms with Crippen LogP contribution < -0.4 is 17.3 Å². The van der Waals surface area contributed by atoms with Gasteiger partial charge in [0.1, 0.15) is 6.54 Å². The van der Waals surface area contributed by atoms with Crippen molar-refractivity contribution in [1.82, 2.24) is 0 Å². The van der Waals surface area contributed by atoms with E-state index in [1.54, 1.807) is 4.90 Å². The zero-order valence-corrected chi connectivity index (χ0v) is 11.8. The Labute approximate surface area is 117 Å². The molecular weight excluding hydrogens is 242 g/mol. The van der Waals surface area contributed by atoms with E-state index in [2.05, 4.69) is 30.9 Å². The van der Waals surface area contributed by atoms with E-state index in [9.17, 15) is 0 Å². The molecule has 1 aromatic rings. The number of benzene rings is 1. The molecule has 2 rings (SSSR count). The van der Waals surface area contributed by atoms with Crippen molar-refractivity contribution in [2.75, 3.05) is 13.1 Å². The van der Waals surface area contributed by atoms with E-state index < -0.39 is 0 Å². The topological polar surface area (TPSA) is 4.44 Å². The highest BCUT2D eigenvalue weighted by molar-refractivity contribution is 5.33. The molecule has 0 saturated carbocycles. The maximum atomic E-state index is 3.35. The quantitative estimate of drug-likeness (QED) is 0.646. The minimum Gasteiger partial charge on any atom is -1.00 e. The molecule has 1 saturated heterocycles. The number of piperidine rings is 1. The van der Waals surface area contributed by atoms with E-state index in [0.717, 1.165) is 18.2 Å². The van der Waals surface area contributed by atoms with Crippen molar-refractivity contribution in [1.29, 1.82) is 0 Å². The Kier molecular flexibility index (Phi) is 6.86. The van der Waals surface area contributed by atoms with Gasteiger partial charge in [0.2, 0.25) is 0 Å². The fraction of sp³-hybridized carbons (Fsp3) is 0.500. The van der Waals surface area contributed by atoms with Crippen LogP contribution >= 0.6 is 0 Å². The second-order valence-electron chi connectivity index (χ2n) is 4.85. The van der Waals surface area contributed by atoms with E-state index in [0.29, 0.717) is 0 Å². The Morgan fingerprint density at radius 3 is 2.72 bits per heavy atom. The predicted octanol–water partition coefficient (Wildman–Crippen LogP) is -1.11. The molecule has 0 spiro atoms. The summed E-state index contributed by atoms with van der Waals surface area (Å²) in [5, 5.41) is 0. The lowest BCUT2D eigenvalue weighted by Crippen LogP contribution is -3.16. The fourth-order valence-corrected chi connectivity index (χ4v) is 2.66. The smallest absolute Gasteiger partial charge is 0.139 e. The van der Waals surface area contributed by atoms with Gasteiger partial charge in [-0.25, -0.2) is 0 Å². The van der Waals surface area contributed by atoms with E-state index >= 15 is 0 Å². The van der Waals surface area contributed by atoms with Gasteiger partial charge in [-0.3, -0.25) is 0 Å². The van der Waals surface area contributed by atoms with Crippen LogP contribution in [0.25, 0.3) is 0 Å². The summed E-state index contributed by atoms with van der Waals surface area (Å²) in [5.74, 6) is 6.61. The molecule has 2 atom stereocenters. The summed E-state index contributed by atoms with van der Waals surface area (Å²) in [5.41, 5.74) is 1.14. The third kappa shape index (κ3) is 4.37. The minimum absolute atomic E-state index is 0. The lowest BCUT2D eigenvalue weighted by molar-refractivity contribution is -0.924. The molecule has 0 bridgehead atoms. The summed E-state index contributed by atoms with van der Waals surface area (Å²) < 4.78 is 0. The third-order valence-electron chi connectivity index (χ3n) is 3.69. The maximum Gasteiger partial charge on any atom is 0.139 e. The van der Waals surface area contributed by atoms with Crippen LogP contribution in [0.3, 0.4) is 0 Å². The van der Waals surface area contributed by atoms with Crippen molar-refractivity contribution >= 4 is 0 Å². The van der Waals surface area contributed by atoms with Gasteiger partial charge in [0.25, 0.3) is 0 Å². The maximum absolute atomic E-state index is 3.35. The largest absolute Gasteiger partial charge is 1.00 e. The lowest BCUT2D eigenvalue weighted by Gasteiger charge is -2.30. The number of halogens is 1. The molecule has 18 heavy (non-hydrogen) atoms. The van der Waals surface area contributed by atoms with Crippen molar-refractivity contribution in [2.24, 2.45) is 0 Å². The molecule has 0 aromatic heterocycles. The molecule has 1 fully saturated rings. The second kappa shape index (κ2) is 8.19. The van der Waals surface area contributed by atoms with Crippen LogP contribution in [0.2, 0.25) is 0 Å². The van der Waals surface area contributed by atoms with Crippen molar-refractivity contribution in [3.8, 4) is 11.8 Å². The molecule has 1 N–H and O–H groups in total. The molecule has 0 amide bonds. The molecular formula is C16H22ClN. The number of nitrogens with one attached hydrogen (secondary N) is 1. The summed E-state index contributed by atoms with van der Waals surface area (Å²) in [6, 6.07) is 11.1. The van der Waals surface area contributed by atoms with Crippen molar-refractivity contribution in [2.45, 2.75) is 38.6 Å². The molecule has 2 heteroatoms. The number of quaternary nitrogens is 1. The lowest BCUT2D eigenvalue weighted by atomic mass is 10.0. The summed E-state index contributed by atoms with van der Waals surface area (Å²) in [4.78, 5) is 1.70. The molecule has 98 valence electrons. The number of hydrogen-bond acceptors (Lipinski definition) is 0. The highest BCUT2D eigenvalue weighted by atomic mass is 35.5. The van der Waals surface area contributed by atoms with E-state index in [-0.39, 0.29) is 12.4 Å². The van der Waals surface area contributed by atoms with E-state index in [1.807, 2.05) is 18.2 Å². The van der Waals surface area contributed by atoms with Gasteiger partial charge in [0.05, 0.1) is 12.6 Å². The van der Waals surface area contributed by atoms with Crippen molar-refractivity contribution < 1.29 is 17.3 Å². The van der Waals surface area contributed by atoms with Crippen LogP contribution in [0, 0.1) is 11.8 Å². The normalized spacial score (nSPS) is 22.5. The Hall–Kier alpha value is -0.970. The van der Waals surface area contributed by atoms with Crippen LogP contribution in [0.15, 0.2) is 30.3 Å². The van der Waals surface area contributed by atoms with E-state index in [1.165, 1.54) is 32.2 Å². The van der Waals surface area contributed by atoms with Gasteiger partial charge in [0.15, 0.2) is 0 Å². The first kappa shape index (κ1) is 15.1. The Morgan fingerprint density at radius 2 is 2.00 bits per heavy atom. The van der Waals surface area contributed by atoms with Crippen LogP contribution in [0.4, 0.5) is 0 Å². The fourth-order valence-electron chi connectivity index (χ4n) is 2.66. The molecule has 1 heterocycles. The SMILES string of the molecule is CCC1CCCC[NH+]1CC#Cc1ccccc1.[Cl-]. The minimum atomic E-state index is 0. The molecule has 1 aliphatic heterocycles. The first-order chi connectivity index (χ1) is 8.40. The van der Waals surface area contributed by atoms with Crippen LogP contribution in [0.5, 0.6) is 0 Å². The Balaban J connectivity index is 0.00000162. The monoisotopic (exact) mass is 263 g/mol. The van der Waals surface area contributed by atoms with Gasteiger partial charge in [-0.2, -0.15) is 0 Å². The molecule has 0 aliphatic carbocycles. The highest BCUT2D eigenvalue weighted by Gasteiger charge is 2.22. The summed E-state index contributed by atoms with van der Waals surface area (Å²) in [7, 11) is 0. The number of likely N-dealkylation sites (tertiary alicyclic amines) is 1.